The largest absolute Gasteiger partial charge is 0.0654 e. The van der Waals surface area contributed by atoms with Crippen molar-refractivity contribution >= 4 is 15.9 Å². The molecule has 0 bridgehead atoms. The van der Waals surface area contributed by atoms with Gasteiger partial charge in [-0.25, -0.2) is 0 Å². The Hall–Kier alpha value is -1.08. The van der Waals surface area contributed by atoms with Gasteiger partial charge < -0.3 is 0 Å². The van der Waals surface area contributed by atoms with Crippen LogP contribution in [0.1, 0.15) is 46.5 Å². The number of halogens is 1. The number of hydrogen-bond donors (Lipinski definition) is 0. The van der Waals surface area contributed by atoms with Gasteiger partial charge in [-0.3, -0.25) is 0 Å². The van der Waals surface area contributed by atoms with Crippen LogP contribution in [0.2, 0.25) is 0 Å². The van der Waals surface area contributed by atoms with Gasteiger partial charge in [-0.2, -0.15) is 0 Å². The van der Waals surface area contributed by atoms with Gasteiger partial charge >= 0.3 is 0 Å². The quantitative estimate of drug-likeness (QED) is 0.496. The van der Waals surface area contributed by atoms with E-state index < -0.39 is 0 Å². The van der Waals surface area contributed by atoms with Gasteiger partial charge in [0.1, 0.15) is 0 Å². The fourth-order valence-corrected chi connectivity index (χ4v) is 2.63. The molecule has 0 aliphatic rings. The van der Waals surface area contributed by atoms with Crippen LogP contribution in [0.25, 0.3) is 11.1 Å². The lowest BCUT2D eigenvalue weighted by atomic mass is 10.1. The lowest BCUT2D eigenvalue weighted by molar-refractivity contribution is 0.534. The second kappa shape index (κ2) is 10.6. The van der Waals surface area contributed by atoms with Crippen molar-refractivity contribution in [3.8, 4) is 11.1 Å². The second-order valence-corrected chi connectivity index (χ2v) is 6.59. The van der Waals surface area contributed by atoms with Crippen LogP contribution in [0.3, 0.4) is 0 Å². The van der Waals surface area contributed by atoms with E-state index in [-0.39, 0.29) is 0 Å². The van der Waals surface area contributed by atoms with Crippen molar-refractivity contribution in [2.45, 2.75) is 46.5 Å². The van der Waals surface area contributed by atoms with Gasteiger partial charge in [-0.05, 0) is 23.1 Å². The molecule has 1 heteroatoms. The van der Waals surface area contributed by atoms with E-state index in [9.17, 15) is 0 Å². The van der Waals surface area contributed by atoms with Gasteiger partial charge in [0, 0.05) is 4.47 Å². The molecule has 0 fully saturated rings. The summed E-state index contributed by atoms with van der Waals surface area (Å²) in [5, 5.41) is 0. The highest BCUT2D eigenvalue weighted by Crippen LogP contribution is 2.27. The van der Waals surface area contributed by atoms with Gasteiger partial charge in [0.15, 0.2) is 0 Å². The van der Waals surface area contributed by atoms with Crippen LogP contribution < -0.4 is 0 Å². The Morgan fingerprint density at radius 3 is 2.05 bits per heavy atom. The first-order valence-corrected chi connectivity index (χ1v) is 8.74. The summed E-state index contributed by atoms with van der Waals surface area (Å²) < 4.78 is 1.14. The van der Waals surface area contributed by atoms with Crippen molar-refractivity contribution in [3.63, 3.8) is 0 Å². The fraction of sp³-hybridized carbons (Fsp3) is 0.400. The second-order valence-electron chi connectivity index (χ2n) is 5.74. The third kappa shape index (κ3) is 7.47. The maximum Gasteiger partial charge on any atom is 0.0253 e. The van der Waals surface area contributed by atoms with Crippen LogP contribution in [0.4, 0.5) is 0 Å². The van der Waals surface area contributed by atoms with Gasteiger partial charge in [0.25, 0.3) is 0 Å². The van der Waals surface area contributed by atoms with E-state index in [1.165, 1.54) is 36.8 Å². The predicted octanol–water partition coefficient (Wildman–Crippen LogP) is 7.34. The van der Waals surface area contributed by atoms with Crippen LogP contribution >= 0.6 is 15.9 Å². The van der Waals surface area contributed by atoms with Crippen LogP contribution in [0, 0.1) is 5.92 Å². The summed E-state index contributed by atoms with van der Waals surface area (Å²) in [6.07, 6.45) is 5.60. The molecule has 21 heavy (non-hydrogen) atoms. The highest BCUT2D eigenvalue weighted by atomic mass is 79.9. The zero-order valence-electron chi connectivity index (χ0n) is 13.5. The Morgan fingerprint density at radius 1 is 0.857 bits per heavy atom. The minimum Gasteiger partial charge on any atom is -0.0654 e. The summed E-state index contributed by atoms with van der Waals surface area (Å²) in [6.45, 7) is 6.83. The SMILES string of the molecule is Brc1ccccc1-c1ccccc1.CCCCCC(C)C. The first-order valence-electron chi connectivity index (χ1n) is 7.95. The monoisotopic (exact) mass is 346 g/mol. The lowest BCUT2D eigenvalue weighted by Gasteiger charge is -2.02. The highest BCUT2D eigenvalue weighted by molar-refractivity contribution is 9.10. The first-order chi connectivity index (χ1) is 10.1. The van der Waals surface area contributed by atoms with Gasteiger partial charge in [0.2, 0.25) is 0 Å². The summed E-state index contributed by atoms with van der Waals surface area (Å²) in [5.41, 5.74) is 2.48. The summed E-state index contributed by atoms with van der Waals surface area (Å²) >= 11 is 3.53. The molecule has 2 rings (SSSR count). The lowest BCUT2D eigenvalue weighted by Crippen LogP contribution is -1.85. The van der Waals surface area contributed by atoms with E-state index in [2.05, 4.69) is 73.1 Å². The third-order valence-electron chi connectivity index (χ3n) is 3.34. The molecule has 0 N–H and O–H groups in total. The highest BCUT2D eigenvalue weighted by Gasteiger charge is 1.99. The molecular weight excluding hydrogens is 320 g/mol. The average molecular weight is 347 g/mol. The molecule has 2 aromatic carbocycles. The van der Waals surface area contributed by atoms with Crippen molar-refractivity contribution < 1.29 is 0 Å². The molecule has 0 aliphatic heterocycles. The Bertz CT molecular complexity index is 488. The van der Waals surface area contributed by atoms with E-state index in [4.69, 9.17) is 0 Å². The zero-order valence-corrected chi connectivity index (χ0v) is 15.1. The average Bonchev–Trinajstić information content (AvgIpc) is 2.49. The minimum absolute atomic E-state index is 0.904. The first kappa shape index (κ1) is 18.0. The molecule has 0 saturated carbocycles. The third-order valence-corrected chi connectivity index (χ3v) is 4.04. The van der Waals surface area contributed by atoms with Gasteiger partial charge in [-0.1, -0.05) is 111 Å². The summed E-state index contributed by atoms with van der Waals surface area (Å²) in [6, 6.07) is 18.6. The van der Waals surface area contributed by atoms with E-state index in [1.807, 2.05) is 18.2 Å². The molecule has 0 aliphatic carbocycles. The molecule has 0 amide bonds. The maximum atomic E-state index is 3.53. The number of unbranched alkanes of at least 4 members (excludes halogenated alkanes) is 2. The van der Waals surface area contributed by atoms with Gasteiger partial charge in [-0.15, -0.1) is 0 Å². The van der Waals surface area contributed by atoms with Crippen molar-refractivity contribution in [2.75, 3.05) is 0 Å². The molecule has 114 valence electrons. The molecule has 2 aromatic rings. The maximum absolute atomic E-state index is 3.53. The van der Waals surface area contributed by atoms with Crippen LogP contribution in [0.15, 0.2) is 59.1 Å². The molecule has 0 unspecified atom stereocenters. The zero-order chi connectivity index (χ0) is 15.5. The summed E-state index contributed by atoms with van der Waals surface area (Å²) in [5.74, 6) is 0.904. The molecule has 0 nitrogen and oxygen atoms in total. The number of rotatable bonds is 5. The van der Waals surface area contributed by atoms with Crippen LogP contribution in [-0.2, 0) is 0 Å². The van der Waals surface area contributed by atoms with E-state index in [0.29, 0.717) is 0 Å². The van der Waals surface area contributed by atoms with Crippen molar-refractivity contribution in [3.05, 3.63) is 59.1 Å². The normalized spacial score (nSPS) is 10.1. The molecular formula is C20H27Br. The van der Waals surface area contributed by atoms with Crippen molar-refractivity contribution in [2.24, 2.45) is 5.92 Å². The number of benzene rings is 2. The summed E-state index contributed by atoms with van der Waals surface area (Å²) in [7, 11) is 0. The van der Waals surface area contributed by atoms with Crippen LogP contribution in [-0.4, -0.2) is 0 Å². The molecule has 0 aromatic heterocycles. The summed E-state index contributed by atoms with van der Waals surface area (Å²) in [4.78, 5) is 0. The Labute approximate surface area is 138 Å². The smallest absolute Gasteiger partial charge is 0.0253 e. The van der Waals surface area contributed by atoms with E-state index in [1.54, 1.807) is 0 Å². The topological polar surface area (TPSA) is 0 Å². The van der Waals surface area contributed by atoms with Gasteiger partial charge in [0.05, 0.1) is 0 Å². The van der Waals surface area contributed by atoms with E-state index >= 15 is 0 Å². The van der Waals surface area contributed by atoms with Crippen LogP contribution in [0.5, 0.6) is 0 Å². The number of hydrogen-bond acceptors (Lipinski definition) is 0. The molecule has 0 atom stereocenters. The molecule has 0 spiro atoms. The molecule has 0 heterocycles. The molecule has 0 saturated heterocycles. The Morgan fingerprint density at radius 2 is 1.48 bits per heavy atom. The predicted molar refractivity (Wildman–Crippen MR) is 98.6 cm³/mol. The van der Waals surface area contributed by atoms with E-state index in [0.717, 1.165) is 10.4 Å². The van der Waals surface area contributed by atoms with Crippen molar-refractivity contribution in [1.82, 2.24) is 0 Å². The Balaban J connectivity index is 0.000000240. The standard InChI is InChI=1S/C12H9Br.C8H18/c13-12-9-5-4-8-11(12)10-6-2-1-3-7-10;1-4-5-6-7-8(2)3/h1-9H;8H,4-7H2,1-3H3. The Kier molecular flexibility index (Phi) is 9.09. The fourth-order valence-electron chi connectivity index (χ4n) is 2.12. The van der Waals surface area contributed by atoms with Crippen molar-refractivity contribution in [1.29, 1.82) is 0 Å². The minimum atomic E-state index is 0.904. The molecule has 0 radical (unpaired) electrons.